The molecule has 0 unspecified atom stereocenters. The van der Waals surface area contributed by atoms with Gasteiger partial charge in [0.25, 0.3) is 0 Å². The molecular formula is C24H26N4O. The summed E-state index contributed by atoms with van der Waals surface area (Å²) in [6.45, 7) is 3.21. The van der Waals surface area contributed by atoms with Crippen LogP contribution in [0.1, 0.15) is 11.3 Å². The summed E-state index contributed by atoms with van der Waals surface area (Å²) >= 11 is 0. The largest absolute Gasteiger partial charge is 0.369 e. The molecular weight excluding hydrogens is 360 g/mol. The second kappa shape index (κ2) is 9.32. The van der Waals surface area contributed by atoms with Gasteiger partial charge in [-0.1, -0.05) is 48.5 Å². The van der Waals surface area contributed by atoms with Crippen LogP contribution in [0.4, 0.5) is 5.69 Å². The molecule has 29 heavy (non-hydrogen) atoms. The molecule has 1 aliphatic heterocycles. The molecule has 3 aromatic rings. The molecule has 5 nitrogen and oxygen atoms in total. The predicted molar refractivity (Wildman–Crippen MR) is 115 cm³/mol. The van der Waals surface area contributed by atoms with Gasteiger partial charge in [0.2, 0.25) is 5.91 Å². The first kappa shape index (κ1) is 19.1. The fourth-order valence-electron chi connectivity index (χ4n) is 3.95. The number of amides is 1. The van der Waals surface area contributed by atoms with E-state index in [0.29, 0.717) is 12.3 Å². The van der Waals surface area contributed by atoms with Crippen LogP contribution in [0.3, 0.4) is 0 Å². The lowest BCUT2D eigenvalue weighted by atomic mass is 10.0. The SMILES string of the molecule is O=C(Cc1ccccc1)N1CCN(c2ccccc2)C[C@H](Cc2cnccn2)C1. The molecule has 1 saturated heterocycles. The topological polar surface area (TPSA) is 49.3 Å². The second-order valence-corrected chi connectivity index (χ2v) is 7.55. The molecule has 0 radical (unpaired) electrons. The number of hydrogen-bond donors (Lipinski definition) is 0. The zero-order valence-corrected chi connectivity index (χ0v) is 16.5. The average molecular weight is 386 g/mol. The first-order valence-corrected chi connectivity index (χ1v) is 10.1. The minimum atomic E-state index is 0.190. The number of hydrogen-bond acceptors (Lipinski definition) is 4. The van der Waals surface area contributed by atoms with E-state index in [1.807, 2.05) is 47.5 Å². The Hall–Kier alpha value is -3.21. The van der Waals surface area contributed by atoms with Gasteiger partial charge in [-0.15, -0.1) is 0 Å². The number of nitrogens with zero attached hydrogens (tertiary/aromatic N) is 4. The number of carbonyl (C=O) groups excluding carboxylic acids is 1. The van der Waals surface area contributed by atoms with Gasteiger partial charge in [0.05, 0.1) is 12.1 Å². The lowest BCUT2D eigenvalue weighted by Crippen LogP contribution is -2.37. The number of aromatic nitrogens is 2. The zero-order chi connectivity index (χ0) is 19.9. The number of anilines is 1. The number of para-hydroxylation sites is 1. The summed E-state index contributed by atoms with van der Waals surface area (Å²) in [5.74, 6) is 0.490. The summed E-state index contributed by atoms with van der Waals surface area (Å²) in [6.07, 6.45) is 6.52. The highest BCUT2D eigenvalue weighted by Crippen LogP contribution is 2.21. The molecule has 1 amide bonds. The monoisotopic (exact) mass is 386 g/mol. The maximum absolute atomic E-state index is 13.0. The first-order chi connectivity index (χ1) is 14.3. The van der Waals surface area contributed by atoms with Crippen molar-refractivity contribution in [3.63, 3.8) is 0 Å². The molecule has 1 aliphatic rings. The lowest BCUT2D eigenvalue weighted by Gasteiger charge is -2.25. The summed E-state index contributed by atoms with van der Waals surface area (Å²) in [5, 5.41) is 0. The van der Waals surface area contributed by atoms with Crippen molar-refractivity contribution in [3.8, 4) is 0 Å². The van der Waals surface area contributed by atoms with Crippen molar-refractivity contribution >= 4 is 11.6 Å². The Kier molecular flexibility index (Phi) is 6.15. The third-order valence-electron chi connectivity index (χ3n) is 5.38. The minimum absolute atomic E-state index is 0.190. The van der Waals surface area contributed by atoms with Crippen LogP contribution >= 0.6 is 0 Å². The normalized spacial score (nSPS) is 17.0. The van der Waals surface area contributed by atoms with E-state index in [0.717, 1.165) is 43.9 Å². The number of rotatable bonds is 5. The molecule has 4 rings (SSSR count). The third-order valence-corrected chi connectivity index (χ3v) is 5.38. The van der Waals surface area contributed by atoms with Crippen molar-refractivity contribution < 1.29 is 4.79 Å². The quantitative estimate of drug-likeness (QED) is 0.676. The molecule has 1 aromatic heterocycles. The lowest BCUT2D eigenvalue weighted by molar-refractivity contribution is -0.130. The van der Waals surface area contributed by atoms with Crippen LogP contribution in [0.5, 0.6) is 0 Å². The maximum atomic E-state index is 13.0. The van der Waals surface area contributed by atoms with Crippen molar-refractivity contribution in [1.82, 2.24) is 14.9 Å². The fraction of sp³-hybridized carbons (Fsp3) is 0.292. The van der Waals surface area contributed by atoms with Gasteiger partial charge in [0.15, 0.2) is 0 Å². The van der Waals surface area contributed by atoms with Crippen LogP contribution in [0.25, 0.3) is 0 Å². The van der Waals surface area contributed by atoms with Gasteiger partial charge in [-0.25, -0.2) is 0 Å². The molecule has 0 bridgehead atoms. The van der Waals surface area contributed by atoms with E-state index in [1.54, 1.807) is 12.4 Å². The van der Waals surface area contributed by atoms with E-state index in [9.17, 15) is 4.79 Å². The Morgan fingerprint density at radius 3 is 2.41 bits per heavy atom. The van der Waals surface area contributed by atoms with Gasteiger partial charge in [0.1, 0.15) is 0 Å². The second-order valence-electron chi connectivity index (χ2n) is 7.55. The molecule has 2 aromatic carbocycles. The van der Waals surface area contributed by atoms with Gasteiger partial charge in [-0.05, 0) is 30.0 Å². The Bertz CT molecular complexity index is 902. The van der Waals surface area contributed by atoms with E-state index < -0.39 is 0 Å². The van der Waals surface area contributed by atoms with Crippen molar-refractivity contribution in [1.29, 1.82) is 0 Å². The summed E-state index contributed by atoms with van der Waals surface area (Å²) in [5.41, 5.74) is 3.24. The highest BCUT2D eigenvalue weighted by Gasteiger charge is 2.26. The van der Waals surface area contributed by atoms with Crippen molar-refractivity contribution in [2.45, 2.75) is 12.8 Å². The molecule has 148 valence electrons. The van der Waals surface area contributed by atoms with Crippen LogP contribution in [0, 0.1) is 5.92 Å². The maximum Gasteiger partial charge on any atom is 0.227 e. The molecule has 0 N–H and O–H groups in total. The van der Waals surface area contributed by atoms with Crippen LogP contribution in [-0.4, -0.2) is 47.0 Å². The fourth-order valence-corrected chi connectivity index (χ4v) is 3.95. The van der Waals surface area contributed by atoms with E-state index >= 15 is 0 Å². The molecule has 2 heterocycles. The molecule has 1 fully saturated rings. The molecule has 1 atom stereocenters. The van der Waals surface area contributed by atoms with Gasteiger partial charge >= 0.3 is 0 Å². The third kappa shape index (κ3) is 5.19. The van der Waals surface area contributed by atoms with Crippen LogP contribution in [-0.2, 0) is 17.6 Å². The first-order valence-electron chi connectivity index (χ1n) is 10.1. The van der Waals surface area contributed by atoms with Gasteiger partial charge in [-0.3, -0.25) is 14.8 Å². The molecule has 0 saturated carbocycles. The summed E-state index contributed by atoms with van der Waals surface area (Å²) in [7, 11) is 0. The van der Waals surface area contributed by atoms with E-state index in [4.69, 9.17) is 0 Å². The Labute approximate surface area is 172 Å². The Balaban J connectivity index is 1.51. The molecule has 0 aliphatic carbocycles. The summed E-state index contributed by atoms with van der Waals surface area (Å²) < 4.78 is 0. The highest BCUT2D eigenvalue weighted by molar-refractivity contribution is 5.79. The van der Waals surface area contributed by atoms with E-state index in [1.165, 1.54) is 5.69 Å². The van der Waals surface area contributed by atoms with Crippen LogP contribution in [0.15, 0.2) is 79.3 Å². The van der Waals surface area contributed by atoms with Crippen molar-refractivity contribution in [2.24, 2.45) is 5.92 Å². The summed E-state index contributed by atoms with van der Waals surface area (Å²) in [6, 6.07) is 20.4. The van der Waals surface area contributed by atoms with Gasteiger partial charge in [0, 0.05) is 50.5 Å². The van der Waals surface area contributed by atoms with Gasteiger partial charge in [-0.2, -0.15) is 0 Å². The zero-order valence-electron chi connectivity index (χ0n) is 16.5. The highest BCUT2D eigenvalue weighted by atomic mass is 16.2. The van der Waals surface area contributed by atoms with Crippen LogP contribution < -0.4 is 4.90 Å². The van der Waals surface area contributed by atoms with E-state index in [2.05, 4.69) is 39.1 Å². The van der Waals surface area contributed by atoms with Gasteiger partial charge < -0.3 is 9.80 Å². The van der Waals surface area contributed by atoms with Crippen molar-refractivity contribution in [2.75, 3.05) is 31.1 Å². The number of carbonyl (C=O) groups is 1. The minimum Gasteiger partial charge on any atom is -0.369 e. The Morgan fingerprint density at radius 1 is 0.931 bits per heavy atom. The van der Waals surface area contributed by atoms with Crippen LogP contribution in [0.2, 0.25) is 0 Å². The Morgan fingerprint density at radius 2 is 1.69 bits per heavy atom. The smallest absolute Gasteiger partial charge is 0.227 e. The summed E-state index contributed by atoms with van der Waals surface area (Å²) in [4.78, 5) is 26.1. The average Bonchev–Trinajstić information content (AvgIpc) is 2.99. The molecule has 5 heteroatoms. The molecule has 0 spiro atoms. The van der Waals surface area contributed by atoms with E-state index in [-0.39, 0.29) is 5.91 Å². The van der Waals surface area contributed by atoms with Crippen molar-refractivity contribution in [3.05, 3.63) is 90.5 Å². The predicted octanol–water partition coefficient (Wildman–Crippen LogP) is 3.23. The standard InChI is InChI=1S/C24H26N4O/c29-24(16-20-7-3-1-4-8-20)28-14-13-27(23-9-5-2-6-10-23)18-21(19-28)15-22-17-25-11-12-26-22/h1-12,17,21H,13-16,18-19H2/t21-/m0/s1. The number of benzene rings is 2.